The summed E-state index contributed by atoms with van der Waals surface area (Å²) in [7, 11) is 1.57. The number of rotatable bonds is 9. The molecular formula is C24H22BrNO6. The molecule has 0 N–H and O–H groups in total. The molecule has 0 atom stereocenters. The Bertz CT molecular complexity index is 1080. The monoisotopic (exact) mass is 499 g/mol. The molecule has 2 aromatic rings. The minimum absolute atomic E-state index is 0.146. The number of hydrogen-bond acceptors (Lipinski definition) is 7. The maximum absolute atomic E-state index is 12.3. The normalized spacial score (nSPS) is 11.0. The van der Waals surface area contributed by atoms with Crippen LogP contribution in [0.4, 0.5) is 0 Å². The summed E-state index contributed by atoms with van der Waals surface area (Å²) in [5, 5.41) is 9.19. The fraction of sp³-hybridized carbons (Fsp3) is 0.208. The lowest BCUT2D eigenvalue weighted by Gasteiger charge is -2.10. The zero-order valence-corrected chi connectivity index (χ0v) is 19.5. The summed E-state index contributed by atoms with van der Waals surface area (Å²) >= 11 is 3.40. The largest absolute Gasteiger partial charge is 0.496 e. The van der Waals surface area contributed by atoms with Crippen molar-refractivity contribution in [2.24, 2.45) is 0 Å². The molecule has 0 spiro atoms. The van der Waals surface area contributed by atoms with Crippen LogP contribution in [0.3, 0.4) is 0 Å². The highest BCUT2D eigenvalue weighted by Crippen LogP contribution is 2.30. The van der Waals surface area contributed by atoms with Crippen LogP contribution in [-0.4, -0.2) is 32.3 Å². The van der Waals surface area contributed by atoms with E-state index in [0.29, 0.717) is 23.7 Å². The van der Waals surface area contributed by atoms with Gasteiger partial charge in [-0.05, 0) is 77.3 Å². The average Bonchev–Trinajstić information content (AvgIpc) is 2.78. The lowest BCUT2D eigenvalue weighted by molar-refractivity contribution is -0.138. The number of methoxy groups -OCH3 is 1. The second kappa shape index (κ2) is 12.3. The Morgan fingerprint density at radius 1 is 1.03 bits per heavy atom. The Labute approximate surface area is 195 Å². The summed E-state index contributed by atoms with van der Waals surface area (Å²) in [5.41, 5.74) is 1.16. The average molecular weight is 500 g/mol. The number of esters is 2. The second-order valence-electron chi connectivity index (χ2n) is 6.18. The Hall–Kier alpha value is -3.57. The van der Waals surface area contributed by atoms with E-state index >= 15 is 0 Å². The Morgan fingerprint density at radius 3 is 2.38 bits per heavy atom. The molecule has 0 saturated carbocycles. The van der Waals surface area contributed by atoms with Crippen molar-refractivity contribution in [3.05, 3.63) is 63.6 Å². The Kier molecular flexibility index (Phi) is 9.51. The summed E-state index contributed by atoms with van der Waals surface area (Å²) in [4.78, 5) is 24.1. The van der Waals surface area contributed by atoms with Crippen molar-refractivity contribution in [2.75, 3.05) is 20.3 Å². The number of nitriles is 1. The molecule has 0 amide bonds. The number of hydrogen-bond donors (Lipinski definition) is 0. The molecule has 0 aromatic heterocycles. The van der Waals surface area contributed by atoms with E-state index in [1.54, 1.807) is 51.3 Å². The second-order valence-corrected chi connectivity index (χ2v) is 7.03. The first-order valence-electron chi connectivity index (χ1n) is 9.71. The molecule has 2 rings (SSSR count). The van der Waals surface area contributed by atoms with Gasteiger partial charge in [0.15, 0.2) is 11.5 Å². The number of halogens is 1. The van der Waals surface area contributed by atoms with Crippen LogP contribution in [0.5, 0.6) is 17.2 Å². The van der Waals surface area contributed by atoms with Gasteiger partial charge in [0.1, 0.15) is 17.4 Å². The third-order valence-corrected chi connectivity index (χ3v) is 4.61. The van der Waals surface area contributed by atoms with Gasteiger partial charge in [-0.2, -0.15) is 5.26 Å². The van der Waals surface area contributed by atoms with Crippen molar-refractivity contribution in [2.45, 2.75) is 13.8 Å². The van der Waals surface area contributed by atoms with Gasteiger partial charge in [0.2, 0.25) is 0 Å². The van der Waals surface area contributed by atoms with E-state index in [1.807, 2.05) is 12.1 Å². The molecule has 0 aliphatic carbocycles. The van der Waals surface area contributed by atoms with Crippen LogP contribution in [0, 0.1) is 11.3 Å². The van der Waals surface area contributed by atoms with Crippen LogP contribution in [0.1, 0.15) is 25.0 Å². The molecule has 166 valence electrons. The van der Waals surface area contributed by atoms with E-state index in [0.717, 1.165) is 10.0 Å². The highest BCUT2D eigenvalue weighted by molar-refractivity contribution is 9.10. The smallest absolute Gasteiger partial charge is 0.348 e. The molecule has 8 heteroatoms. The summed E-state index contributed by atoms with van der Waals surface area (Å²) in [6.07, 6.45) is 4.29. The Morgan fingerprint density at radius 2 is 1.75 bits per heavy atom. The summed E-state index contributed by atoms with van der Waals surface area (Å²) in [6.45, 7) is 3.94. The molecule has 0 bridgehead atoms. The van der Waals surface area contributed by atoms with Crippen molar-refractivity contribution in [1.82, 2.24) is 0 Å². The first-order chi connectivity index (χ1) is 15.4. The lowest BCUT2D eigenvalue weighted by Crippen LogP contribution is -2.07. The summed E-state index contributed by atoms with van der Waals surface area (Å²) < 4.78 is 21.8. The number of ether oxygens (including phenoxy) is 4. The fourth-order valence-electron chi connectivity index (χ4n) is 2.57. The maximum Gasteiger partial charge on any atom is 0.348 e. The highest BCUT2D eigenvalue weighted by Gasteiger charge is 2.13. The molecule has 0 aliphatic heterocycles. The van der Waals surface area contributed by atoms with Crippen LogP contribution in [-0.2, 0) is 14.3 Å². The Balaban J connectivity index is 2.20. The van der Waals surface area contributed by atoms with Gasteiger partial charge in [-0.3, -0.25) is 0 Å². The molecule has 32 heavy (non-hydrogen) atoms. The molecule has 0 heterocycles. The van der Waals surface area contributed by atoms with E-state index in [-0.39, 0.29) is 17.9 Å². The molecule has 0 aliphatic rings. The minimum Gasteiger partial charge on any atom is -0.496 e. The first kappa shape index (κ1) is 24.7. The third-order valence-electron chi connectivity index (χ3n) is 3.99. The number of carbonyl (C=O) groups excluding carboxylic acids is 2. The quantitative estimate of drug-likeness (QED) is 0.208. The van der Waals surface area contributed by atoms with Crippen molar-refractivity contribution >= 4 is 40.0 Å². The predicted octanol–water partition coefficient (Wildman–Crippen LogP) is 4.95. The van der Waals surface area contributed by atoms with Crippen LogP contribution < -0.4 is 14.2 Å². The molecule has 0 saturated heterocycles. The molecular weight excluding hydrogens is 478 g/mol. The van der Waals surface area contributed by atoms with E-state index in [9.17, 15) is 14.9 Å². The zero-order chi connectivity index (χ0) is 23.5. The third kappa shape index (κ3) is 7.00. The van der Waals surface area contributed by atoms with Crippen molar-refractivity contribution in [3.63, 3.8) is 0 Å². The van der Waals surface area contributed by atoms with Gasteiger partial charge < -0.3 is 18.9 Å². The van der Waals surface area contributed by atoms with Gasteiger partial charge in [-0.15, -0.1) is 0 Å². The van der Waals surface area contributed by atoms with Crippen LogP contribution in [0.2, 0.25) is 0 Å². The minimum atomic E-state index is -0.709. The van der Waals surface area contributed by atoms with Gasteiger partial charge in [-0.25, -0.2) is 9.59 Å². The van der Waals surface area contributed by atoms with E-state index < -0.39 is 11.9 Å². The predicted molar refractivity (Wildman–Crippen MR) is 123 cm³/mol. The molecule has 2 aromatic carbocycles. The SMILES string of the molecule is CCOC(=O)/C(C#N)=C/c1ccc(OC(=O)/C=C/c2ccc(OC)c(Br)c2)c(OCC)c1. The topological polar surface area (TPSA) is 94.9 Å². The standard InChI is InChI=1S/C24H22BrNO6/c1-4-30-22-14-17(12-18(15-26)24(28)31-5-2)7-10-21(22)32-23(27)11-8-16-6-9-20(29-3)19(25)13-16/h6-14H,4-5H2,1-3H3/b11-8+,18-12+. The number of nitrogens with zero attached hydrogens (tertiary/aromatic N) is 1. The van der Waals surface area contributed by atoms with Crippen molar-refractivity contribution < 1.29 is 28.5 Å². The molecule has 0 fully saturated rings. The van der Waals surface area contributed by atoms with Gasteiger partial charge in [0.05, 0.1) is 24.8 Å². The lowest BCUT2D eigenvalue weighted by atomic mass is 10.1. The van der Waals surface area contributed by atoms with E-state index in [1.165, 1.54) is 18.2 Å². The molecule has 0 radical (unpaired) electrons. The van der Waals surface area contributed by atoms with Gasteiger partial charge in [0, 0.05) is 6.08 Å². The number of benzene rings is 2. The molecule has 7 nitrogen and oxygen atoms in total. The zero-order valence-electron chi connectivity index (χ0n) is 17.9. The molecule has 0 unspecified atom stereocenters. The van der Waals surface area contributed by atoms with E-state index in [2.05, 4.69) is 15.9 Å². The fourth-order valence-corrected chi connectivity index (χ4v) is 3.13. The summed E-state index contributed by atoms with van der Waals surface area (Å²) in [5.74, 6) is -0.104. The van der Waals surface area contributed by atoms with Crippen LogP contribution in [0.25, 0.3) is 12.2 Å². The summed E-state index contributed by atoms with van der Waals surface area (Å²) in [6, 6.07) is 11.9. The van der Waals surface area contributed by atoms with Gasteiger partial charge in [-0.1, -0.05) is 12.1 Å². The van der Waals surface area contributed by atoms with Crippen LogP contribution >= 0.6 is 15.9 Å². The van der Waals surface area contributed by atoms with Crippen molar-refractivity contribution in [1.29, 1.82) is 5.26 Å². The van der Waals surface area contributed by atoms with Gasteiger partial charge >= 0.3 is 11.9 Å². The highest BCUT2D eigenvalue weighted by atomic mass is 79.9. The van der Waals surface area contributed by atoms with Gasteiger partial charge in [0.25, 0.3) is 0 Å². The number of carbonyl (C=O) groups is 2. The van der Waals surface area contributed by atoms with E-state index in [4.69, 9.17) is 18.9 Å². The van der Waals surface area contributed by atoms with Crippen molar-refractivity contribution in [3.8, 4) is 23.3 Å². The first-order valence-corrected chi connectivity index (χ1v) is 10.5. The van der Waals surface area contributed by atoms with Crippen LogP contribution in [0.15, 0.2) is 52.5 Å². The maximum atomic E-state index is 12.3.